The van der Waals surface area contributed by atoms with Gasteiger partial charge in [-0.15, -0.1) is 0 Å². The van der Waals surface area contributed by atoms with Gasteiger partial charge in [0.1, 0.15) is 6.04 Å². The molecule has 21 heavy (non-hydrogen) atoms. The van der Waals surface area contributed by atoms with Crippen LogP contribution in [-0.4, -0.2) is 34.6 Å². The van der Waals surface area contributed by atoms with Crippen LogP contribution in [0.4, 0.5) is 0 Å². The van der Waals surface area contributed by atoms with Crippen molar-refractivity contribution in [2.45, 2.75) is 18.9 Å². The molecule has 1 unspecified atom stereocenters. The lowest BCUT2D eigenvalue weighted by Gasteiger charge is -2.27. The molecule has 0 spiro atoms. The zero-order valence-corrected chi connectivity index (χ0v) is 11.1. The number of hydrogen-bond acceptors (Lipinski definition) is 4. The van der Waals surface area contributed by atoms with Gasteiger partial charge in [0.05, 0.1) is 11.1 Å². The normalized spacial score (nSPS) is 21.3. The third-order valence-corrected chi connectivity index (χ3v) is 3.72. The molecule has 2 aliphatic heterocycles. The number of hydrogen-bond donors (Lipinski definition) is 1. The van der Waals surface area contributed by atoms with Crippen molar-refractivity contribution in [2.24, 2.45) is 0 Å². The Morgan fingerprint density at radius 3 is 2.62 bits per heavy atom. The molecule has 6 heteroatoms. The molecule has 3 rings (SSSR count). The molecule has 1 N–H and O–H groups in total. The molecule has 0 aromatic heterocycles. The Hall–Kier alpha value is -2.76. The maximum atomic E-state index is 12.5. The number of rotatable bonds is 2. The van der Waals surface area contributed by atoms with Crippen LogP contribution in [0.25, 0.3) is 6.08 Å². The van der Waals surface area contributed by atoms with Gasteiger partial charge in [0, 0.05) is 6.42 Å². The summed E-state index contributed by atoms with van der Waals surface area (Å²) in [6.07, 6.45) is 1.76. The molecule has 2 aliphatic rings. The molecular weight excluding hydrogens is 272 g/mol. The Balaban J connectivity index is 2.02. The molecule has 1 aromatic carbocycles. The van der Waals surface area contributed by atoms with Crippen molar-refractivity contribution in [2.75, 3.05) is 0 Å². The number of carbonyl (C=O) groups is 4. The second kappa shape index (κ2) is 4.66. The van der Waals surface area contributed by atoms with Crippen LogP contribution >= 0.6 is 0 Å². The van der Waals surface area contributed by atoms with E-state index in [1.807, 2.05) is 0 Å². The highest BCUT2D eigenvalue weighted by atomic mass is 16.2. The lowest BCUT2D eigenvalue weighted by molar-refractivity contribution is -0.136. The van der Waals surface area contributed by atoms with Gasteiger partial charge in [-0.25, -0.2) is 0 Å². The Bertz CT molecular complexity index is 708. The van der Waals surface area contributed by atoms with Crippen molar-refractivity contribution < 1.29 is 19.2 Å². The second-order valence-corrected chi connectivity index (χ2v) is 4.92. The topological polar surface area (TPSA) is 83.6 Å². The van der Waals surface area contributed by atoms with E-state index < -0.39 is 23.8 Å². The third kappa shape index (κ3) is 1.87. The number of benzene rings is 1. The maximum absolute atomic E-state index is 12.5. The lowest BCUT2D eigenvalue weighted by atomic mass is 10.0. The molecule has 4 amide bonds. The van der Waals surface area contributed by atoms with Crippen molar-refractivity contribution in [3.8, 4) is 0 Å². The van der Waals surface area contributed by atoms with Crippen LogP contribution in [0.15, 0.2) is 24.8 Å². The number of nitrogens with zero attached hydrogens (tertiary/aromatic N) is 1. The molecule has 2 heterocycles. The van der Waals surface area contributed by atoms with Gasteiger partial charge in [-0.1, -0.05) is 24.8 Å². The van der Waals surface area contributed by atoms with Crippen molar-refractivity contribution in [1.82, 2.24) is 10.2 Å². The highest BCUT2D eigenvalue weighted by Gasteiger charge is 2.45. The number of piperidine rings is 1. The van der Waals surface area contributed by atoms with E-state index in [4.69, 9.17) is 0 Å². The van der Waals surface area contributed by atoms with E-state index in [0.717, 1.165) is 4.90 Å². The van der Waals surface area contributed by atoms with E-state index in [2.05, 4.69) is 11.9 Å². The molecule has 0 bridgehead atoms. The van der Waals surface area contributed by atoms with Crippen LogP contribution in [0.2, 0.25) is 0 Å². The molecule has 1 fully saturated rings. The van der Waals surface area contributed by atoms with Crippen LogP contribution in [0, 0.1) is 0 Å². The highest BCUT2D eigenvalue weighted by Crippen LogP contribution is 2.30. The van der Waals surface area contributed by atoms with E-state index in [9.17, 15) is 19.2 Å². The fourth-order valence-electron chi connectivity index (χ4n) is 2.71. The smallest absolute Gasteiger partial charge is 0.262 e. The predicted octanol–water partition coefficient (Wildman–Crippen LogP) is 0.731. The zero-order valence-electron chi connectivity index (χ0n) is 11.1. The van der Waals surface area contributed by atoms with E-state index in [-0.39, 0.29) is 29.9 Å². The fraction of sp³-hybridized carbons (Fsp3) is 0.200. The van der Waals surface area contributed by atoms with Crippen LogP contribution in [0.3, 0.4) is 0 Å². The van der Waals surface area contributed by atoms with Crippen molar-refractivity contribution >= 4 is 29.7 Å². The minimum Gasteiger partial charge on any atom is -0.295 e. The first-order chi connectivity index (χ1) is 10.0. The summed E-state index contributed by atoms with van der Waals surface area (Å²) in [5.74, 6) is -2.02. The quantitative estimate of drug-likeness (QED) is 0.811. The predicted molar refractivity (Wildman–Crippen MR) is 73.2 cm³/mol. The molecule has 0 saturated carbocycles. The Labute approximate surface area is 120 Å². The Morgan fingerprint density at radius 1 is 1.19 bits per heavy atom. The molecule has 0 aliphatic carbocycles. The minimum atomic E-state index is -0.937. The van der Waals surface area contributed by atoms with E-state index in [0.29, 0.717) is 5.56 Å². The molecular formula is C15H12N2O4. The number of fused-ring (bicyclic) bond motifs is 1. The van der Waals surface area contributed by atoms with Gasteiger partial charge in [0.2, 0.25) is 11.8 Å². The molecule has 1 aromatic rings. The van der Waals surface area contributed by atoms with Crippen LogP contribution in [-0.2, 0) is 9.59 Å². The average molecular weight is 284 g/mol. The number of amides is 4. The van der Waals surface area contributed by atoms with Gasteiger partial charge in [-0.2, -0.15) is 0 Å². The maximum Gasteiger partial charge on any atom is 0.262 e. The summed E-state index contributed by atoms with van der Waals surface area (Å²) in [4.78, 5) is 48.9. The zero-order chi connectivity index (χ0) is 15.1. The minimum absolute atomic E-state index is 0.109. The summed E-state index contributed by atoms with van der Waals surface area (Å²) < 4.78 is 0. The fourth-order valence-corrected chi connectivity index (χ4v) is 2.71. The van der Waals surface area contributed by atoms with Crippen LogP contribution in [0.5, 0.6) is 0 Å². The molecule has 0 radical (unpaired) electrons. The van der Waals surface area contributed by atoms with Gasteiger partial charge < -0.3 is 0 Å². The summed E-state index contributed by atoms with van der Waals surface area (Å²) >= 11 is 0. The molecule has 1 atom stereocenters. The first-order valence-corrected chi connectivity index (χ1v) is 6.51. The van der Waals surface area contributed by atoms with E-state index in [1.165, 1.54) is 6.08 Å². The van der Waals surface area contributed by atoms with Crippen molar-refractivity contribution in [1.29, 1.82) is 0 Å². The highest BCUT2D eigenvalue weighted by molar-refractivity contribution is 6.24. The second-order valence-electron chi connectivity index (χ2n) is 4.92. The number of imide groups is 2. The summed E-state index contributed by atoms with van der Waals surface area (Å²) in [6.45, 7) is 3.62. The SMILES string of the molecule is C=Cc1cccc2c1C(=O)N(C1CCC(=O)NC1=O)C2=O. The molecule has 6 nitrogen and oxygen atoms in total. The van der Waals surface area contributed by atoms with Crippen LogP contribution in [0.1, 0.15) is 39.1 Å². The van der Waals surface area contributed by atoms with Crippen molar-refractivity contribution in [3.63, 3.8) is 0 Å². The Kier molecular flexibility index (Phi) is 2.94. The Morgan fingerprint density at radius 2 is 1.95 bits per heavy atom. The summed E-state index contributed by atoms with van der Waals surface area (Å²) in [5, 5.41) is 2.16. The number of nitrogens with one attached hydrogen (secondary N) is 1. The monoisotopic (exact) mass is 284 g/mol. The first-order valence-electron chi connectivity index (χ1n) is 6.51. The van der Waals surface area contributed by atoms with Gasteiger partial charge in [-0.3, -0.25) is 29.4 Å². The van der Waals surface area contributed by atoms with E-state index in [1.54, 1.807) is 18.2 Å². The van der Waals surface area contributed by atoms with Gasteiger partial charge in [0.25, 0.3) is 11.8 Å². The summed E-state index contributed by atoms with van der Waals surface area (Å²) in [5.41, 5.74) is 1.09. The standard InChI is InChI=1S/C15H12N2O4/c1-2-8-4-3-5-9-12(8)15(21)17(14(9)20)10-6-7-11(18)16-13(10)19/h2-5,10H,1,6-7H2,(H,16,18,19). The largest absolute Gasteiger partial charge is 0.295 e. The van der Waals surface area contributed by atoms with Gasteiger partial charge in [0.15, 0.2) is 0 Å². The third-order valence-electron chi connectivity index (χ3n) is 3.72. The first kappa shape index (κ1) is 13.2. The summed E-state index contributed by atoms with van der Waals surface area (Å²) in [7, 11) is 0. The van der Waals surface area contributed by atoms with Crippen LogP contribution < -0.4 is 5.32 Å². The molecule has 106 valence electrons. The van der Waals surface area contributed by atoms with Crippen molar-refractivity contribution in [3.05, 3.63) is 41.5 Å². The lowest BCUT2D eigenvalue weighted by Crippen LogP contribution is -2.54. The average Bonchev–Trinajstić information content (AvgIpc) is 2.72. The summed E-state index contributed by atoms with van der Waals surface area (Å²) in [6, 6.07) is 3.96. The molecule has 1 saturated heterocycles. The number of carbonyl (C=O) groups excluding carboxylic acids is 4. The van der Waals surface area contributed by atoms with Gasteiger partial charge >= 0.3 is 0 Å². The van der Waals surface area contributed by atoms with E-state index >= 15 is 0 Å². The van der Waals surface area contributed by atoms with Gasteiger partial charge in [-0.05, 0) is 18.1 Å².